The number of hydrogen-bond donors (Lipinski definition) is 0. The molecule has 0 rings (SSSR count). The van der Waals surface area contributed by atoms with Gasteiger partial charge in [0.15, 0.2) is 0 Å². The van der Waals surface area contributed by atoms with E-state index in [0.717, 1.165) is 4.94 Å². The molecule has 0 saturated carbocycles. The van der Waals surface area contributed by atoms with Gasteiger partial charge in [-0.2, -0.15) is 0 Å². The number of hydrogen-bond acceptors (Lipinski definition) is 1. The monoisotopic (exact) mass is 258 g/mol. The summed E-state index contributed by atoms with van der Waals surface area (Å²) in [7, 11) is -1.99. The first-order valence-electron chi connectivity index (χ1n) is 5.87. The molecule has 0 aliphatic rings. The van der Waals surface area contributed by atoms with Crippen LogP contribution in [0.4, 0.5) is 0 Å². The highest BCUT2D eigenvalue weighted by Crippen LogP contribution is 2.65. The molecule has 0 fully saturated rings. The Kier molecular flexibility index (Phi) is 4.79. The van der Waals surface area contributed by atoms with Crippen LogP contribution >= 0.6 is 7.92 Å². The average Bonchev–Trinajstić information content (AvgIpc) is 1.91. The first kappa shape index (κ1) is 16.1. The molecule has 1 nitrogen and oxygen atoms in total. The van der Waals surface area contributed by atoms with Crippen LogP contribution in [-0.4, -0.2) is 24.3 Å². The SMILES string of the molecule is CC(C)(C)P(C(=C=O)[Si](C)(C)C)C(C)(C)C. The van der Waals surface area contributed by atoms with Gasteiger partial charge in [-0.25, -0.2) is 4.79 Å². The molecular formula is C13H27OPSi. The number of carbonyl (C=O) groups excluding carboxylic acids is 1. The van der Waals surface area contributed by atoms with Crippen LogP contribution in [0.2, 0.25) is 19.6 Å². The molecule has 0 heterocycles. The Labute approximate surface area is 103 Å². The minimum atomic E-state index is -1.55. The molecule has 0 atom stereocenters. The van der Waals surface area contributed by atoms with Crippen LogP contribution < -0.4 is 0 Å². The van der Waals surface area contributed by atoms with Crippen molar-refractivity contribution >= 4 is 21.9 Å². The summed E-state index contributed by atoms with van der Waals surface area (Å²) in [5, 5.41) is 0.362. The largest absolute Gasteiger partial charge is 0.234 e. The fourth-order valence-corrected chi connectivity index (χ4v) is 10.7. The first-order valence-corrected chi connectivity index (χ1v) is 10.7. The number of rotatable bonds is 2. The van der Waals surface area contributed by atoms with Crippen LogP contribution in [-0.2, 0) is 4.79 Å². The van der Waals surface area contributed by atoms with Crippen molar-refractivity contribution in [1.82, 2.24) is 0 Å². The minimum absolute atomic E-state index is 0.181. The second-order valence-corrected chi connectivity index (χ2v) is 16.6. The van der Waals surface area contributed by atoms with Crippen LogP contribution in [0.1, 0.15) is 41.5 Å². The molecule has 0 spiro atoms. The van der Waals surface area contributed by atoms with Crippen molar-refractivity contribution in [2.45, 2.75) is 71.5 Å². The predicted molar refractivity (Wildman–Crippen MR) is 79.0 cm³/mol. The summed E-state index contributed by atoms with van der Waals surface area (Å²) < 4.78 is 0. The molecule has 0 saturated heterocycles. The summed E-state index contributed by atoms with van der Waals surface area (Å²) in [6.45, 7) is 20.3. The maximum atomic E-state index is 11.4. The van der Waals surface area contributed by atoms with Gasteiger partial charge in [0.2, 0.25) is 0 Å². The molecule has 0 aliphatic carbocycles. The van der Waals surface area contributed by atoms with Crippen molar-refractivity contribution in [3.63, 3.8) is 0 Å². The molecular weight excluding hydrogens is 231 g/mol. The lowest BCUT2D eigenvalue weighted by molar-refractivity contribution is 0.568. The van der Waals surface area contributed by atoms with Crippen LogP contribution in [0, 0.1) is 0 Å². The van der Waals surface area contributed by atoms with Gasteiger partial charge in [0.25, 0.3) is 0 Å². The third-order valence-corrected chi connectivity index (χ3v) is 9.80. The van der Waals surface area contributed by atoms with Crippen molar-refractivity contribution in [3.05, 3.63) is 4.94 Å². The Morgan fingerprint density at radius 2 is 1.25 bits per heavy atom. The van der Waals surface area contributed by atoms with E-state index in [0.29, 0.717) is 0 Å². The zero-order valence-corrected chi connectivity index (χ0v) is 14.2. The summed E-state index contributed by atoms with van der Waals surface area (Å²) in [6, 6.07) is 0. The zero-order chi connectivity index (χ0) is 13.4. The lowest BCUT2D eigenvalue weighted by Gasteiger charge is -2.44. The molecule has 0 aromatic heterocycles. The van der Waals surface area contributed by atoms with Gasteiger partial charge >= 0.3 is 0 Å². The summed E-state index contributed by atoms with van der Waals surface area (Å²) in [6.07, 6.45) is 0. The van der Waals surface area contributed by atoms with Gasteiger partial charge in [-0.3, -0.25) is 0 Å². The van der Waals surface area contributed by atoms with E-state index in [1.807, 2.05) is 0 Å². The Morgan fingerprint density at radius 3 is 1.31 bits per heavy atom. The molecule has 16 heavy (non-hydrogen) atoms. The van der Waals surface area contributed by atoms with Crippen LogP contribution in [0.5, 0.6) is 0 Å². The van der Waals surface area contributed by atoms with E-state index in [-0.39, 0.29) is 10.3 Å². The third kappa shape index (κ3) is 4.16. The lowest BCUT2D eigenvalue weighted by atomic mass is 10.2. The summed E-state index contributed by atoms with van der Waals surface area (Å²) in [5.74, 6) is 2.31. The van der Waals surface area contributed by atoms with Gasteiger partial charge in [-0.15, -0.1) is 0 Å². The van der Waals surface area contributed by atoms with Crippen LogP contribution in [0.3, 0.4) is 0 Å². The van der Waals surface area contributed by atoms with Crippen LogP contribution in [0.15, 0.2) is 4.94 Å². The Balaban J connectivity index is 5.65. The Hall–Kier alpha value is 0.0969. The molecule has 0 N–H and O–H groups in total. The van der Waals surface area contributed by atoms with E-state index in [4.69, 9.17) is 0 Å². The summed E-state index contributed by atoms with van der Waals surface area (Å²) in [5.41, 5.74) is 0. The van der Waals surface area contributed by atoms with Crippen molar-refractivity contribution in [2.75, 3.05) is 0 Å². The minimum Gasteiger partial charge on any atom is -0.234 e. The Morgan fingerprint density at radius 1 is 0.938 bits per heavy atom. The van der Waals surface area contributed by atoms with Gasteiger partial charge < -0.3 is 0 Å². The van der Waals surface area contributed by atoms with Crippen molar-refractivity contribution in [2.24, 2.45) is 0 Å². The van der Waals surface area contributed by atoms with Gasteiger partial charge in [0.05, 0.1) is 8.07 Å². The van der Waals surface area contributed by atoms with Crippen molar-refractivity contribution in [1.29, 1.82) is 0 Å². The first-order chi connectivity index (χ1) is 6.81. The van der Waals surface area contributed by atoms with E-state index in [1.54, 1.807) is 0 Å². The fourth-order valence-electron chi connectivity index (χ4n) is 2.21. The maximum absolute atomic E-state index is 11.4. The standard InChI is InChI=1S/C13H27OPSi/c1-12(2,3)15(13(4,5)6)11(10-14)16(7,8)9/h1-9H3. The predicted octanol–water partition coefficient (Wildman–Crippen LogP) is 4.66. The van der Waals surface area contributed by atoms with E-state index >= 15 is 0 Å². The summed E-state index contributed by atoms with van der Waals surface area (Å²) in [4.78, 5) is 12.5. The van der Waals surface area contributed by atoms with E-state index in [1.165, 1.54) is 0 Å². The highest BCUT2D eigenvalue weighted by Gasteiger charge is 2.42. The molecule has 3 heteroatoms. The second-order valence-electron chi connectivity index (χ2n) is 7.38. The van der Waals surface area contributed by atoms with Gasteiger partial charge in [-0.1, -0.05) is 69.1 Å². The average molecular weight is 258 g/mol. The lowest BCUT2D eigenvalue weighted by Crippen LogP contribution is -2.34. The fraction of sp³-hybridized carbons (Fsp3) is 0.846. The molecule has 94 valence electrons. The molecule has 0 aliphatic heterocycles. The van der Waals surface area contributed by atoms with Gasteiger partial charge in [-0.05, 0) is 10.3 Å². The van der Waals surface area contributed by atoms with E-state index in [9.17, 15) is 4.79 Å². The highest BCUT2D eigenvalue weighted by atomic mass is 31.1. The zero-order valence-electron chi connectivity index (χ0n) is 12.4. The normalized spacial score (nSPS) is 13.9. The smallest absolute Gasteiger partial charge is 0.123 e. The topological polar surface area (TPSA) is 17.1 Å². The van der Waals surface area contributed by atoms with E-state index in [2.05, 4.69) is 67.1 Å². The van der Waals surface area contributed by atoms with Crippen LogP contribution in [0.25, 0.3) is 0 Å². The molecule has 0 amide bonds. The molecule has 0 aromatic rings. The maximum Gasteiger partial charge on any atom is 0.123 e. The van der Waals surface area contributed by atoms with Crippen molar-refractivity contribution in [3.8, 4) is 0 Å². The van der Waals surface area contributed by atoms with Gasteiger partial charge in [0, 0.05) is 4.94 Å². The molecule has 0 aromatic carbocycles. The van der Waals surface area contributed by atoms with Crippen molar-refractivity contribution < 1.29 is 4.79 Å². The molecule has 0 bridgehead atoms. The quantitative estimate of drug-likeness (QED) is 0.400. The highest BCUT2D eigenvalue weighted by molar-refractivity contribution is 7.69. The van der Waals surface area contributed by atoms with E-state index < -0.39 is 16.0 Å². The Bertz CT molecular complexity index is 281. The van der Waals surface area contributed by atoms with Gasteiger partial charge in [0.1, 0.15) is 5.94 Å². The third-order valence-electron chi connectivity index (χ3n) is 2.37. The molecule has 0 unspecified atom stereocenters. The second kappa shape index (κ2) is 4.76. The summed E-state index contributed by atoms with van der Waals surface area (Å²) >= 11 is 0. The molecule has 0 radical (unpaired) electrons.